The number of halogens is 6. The normalized spacial score (nSPS) is 12.6. The van der Waals surface area contributed by atoms with Gasteiger partial charge in [0.2, 0.25) is 5.88 Å². The predicted octanol–water partition coefficient (Wildman–Crippen LogP) is 6.74. The van der Waals surface area contributed by atoms with Crippen LogP contribution in [-0.4, -0.2) is 34.7 Å². The zero-order chi connectivity index (χ0) is 28.8. The fourth-order valence-electron chi connectivity index (χ4n) is 3.65. The third kappa shape index (κ3) is 8.72. The van der Waals surface area contributed by atoms with E-state index in [4.69, 9.17) is 9.84 Å². The highest BCUT2D eigenvalue weighted by atomic mass is 19.4. The van der Waals surface area contributed by atoms with Gasteiger partial charge < -0.3 is 15.2 Å². The van der Waals surface area contributed by atoms with E-state index in [-0.39, 0.29) is 24.4 Å². The first-order valence-electron chi connectivity index (χ1n) is 11.7. The lowest BCUT2D eigenvalue weighted by Crippen LogP contribution is -2.26. The molecule has 0 bridgehead atoms. The summed E-state index contributed by atoms with van der Waals surface area (Å²) in [5.74, 6) is -1.66. The Morgan fingerprint density at radius 1 is 0.949 bits per heavy atom. The summed E-state index contributed by atoms with van der Waals surface area (Å²) in [6, 6.07) is 13.0. The topological polar surface area (TPSA) is 88.5 Å². The van der Waals surface area contributed by atoms with E-state index < -0.39 is 48.7 Å². The predicted molar refractivity (Wildman–Crippen MR) is 129 cm³/mol. The lowest BCUT2D eigenvalue weighted by atomic mass is 10.0. The van der Waals surface area contributed by atoms with E-state index in [2.05, 4.69) is 10.3 Å². The Labute approximate surface area is 219 Å². The molecule has 3 aromatic rings. The zero-order valence-corrected chi connectivity index (χ0v) is 20.6. The molecule has 6 nitrogen and oxygen atoms in total. The van der Waals surface area contributed by atoms with E-state index in [0.717, 1.165) is 12.1 Å². The van der Waals surface area contributed by atoms with E-state index in [1.807, 2.05) is 0 Å². The van der Waals surface area contributed by atoms with Crippen molar-refractivity contribution in [1.82, 2.24) is 10.3 Å². The van der Waals surface area contributed by atoms with Crippen molar-refractivity contribution in [2.24, 2.45) is 0 Å². The van der Waals surface area contributed by atoms with Crippen molar-refractivity contribution in [2.45, 2.75) is 44.6 Å². The second-order valence-electron chi connectivity index (χ2n) is 8.67. The highest BCUT2D eigenvalue weighted by Gasteiger charge is 2.31. The molecule has 1 aromatic heterocycles. The monoisotopic (exact) mass is 554 g/mol. The molecule has 0 radical (unpaired) electrons. The molecule has 1 heterocycles. The summed E-state index contributed by atoms with van der Waals surface area (Å²) < 4.78 is 83.7. The van der Waals surface area contributed by atoms with Crippen LogP contribution in [0.15, 0.2) is 60.7 Å². The van der Waals surface area contributed by atoms with E-state index >= 15 is 0 Å². The molecule has 208 valence electrons. The number of aryl methyl sites for hydroxylation is 1. The summed E-state index contributed by atoms with van der Waals surface area (Å²) in [6.45, 7) is 1.60. The molecule has 0 aliphatic rings. The number of hydrogen-bond acceptors (Lipinski definition) is 4. The van der Waals surface area contributed by atoms with Crippen LogP contribution in [0.3, 0.4) is 0 Å². The quantitative estimate of drug-likeness (QED) is 0.271. The number of carboxylic acid groups (broad SMARTS) is 1. The number of alkyl halides is 6. The number of nitrogens with one attached hydrogen (secondary N) is 1. The minimum Gasteiger partial charge on any atom is -0.481 e. The molecular weight excluding hydrogens is 530 g/mol. The second kappa shape index (κ2) is 12.2. The first-order chi connectivity index (χ1) is 18.2. The fraction of sp³-hybridized carbons (Fsp3) is 0.296. The molecule has 1 amide bonds. The standard InChI is InChI=1S/C27H24F6N2O4/c1-16-2-11-22(35-24(16)18-7-9-20(10-8-18)27(31,32)33)39-21(12-14-26(28,29)30)17-3-5-19(6-4-17)25(38)34-15-13-23(36)37/h2-11,21H,12-15H2,1H3,(H,34,38)(H,36,37). The maximum absolute atomic E-state index is 13.0. The first-order valence-corrected chi connectivity index (χ1v) is 11.7. The smallest absolute Gasteiger partial charge is 0.416 e. The number of carboxylic acids is 1. The summed E-state index contributed by atoms with van der Waals surface area (Å²) in [4.78, 5) is 27.1. The molecule has 1 unspecified atom stereocenters. The van der Waals surface area contributed by atoms with Crippen LogP contribution in [0.2, 0.25) is 0 Å². The highest BCUT2D eigenvalue weighted by Crippen LogP contribution is 2.34. The number of aliphatic carboxylic acids is 1. The van der Waals surface area contributed by atoms with Crippen molar-refractivity contribution in [3.63, 3.8) is 0 Å². The SMILES string of the molecule is Cc1ccc(OC(CCC(F)(F)F)c2ccc(C(=O)NCCC(=O)O)cc2)nc1-c1ccc(C(F)(F)F)cc1. The summed E-state index contributed by atoms with van der Waals surface area (Å²) in [6.07, 6.45) is -12.0. The fourth-order valence-corrected chi connectivity index (χ4v) is 3.65. The average Bonchev–Trinajstić information content (AvgIpc) is 2.86. The highest BCUT2D eigenvalue weighted by molar-refractivity contribution is 5.94. The van der Waals surface area contributed by atoms with Crippen molar-refractivity contribution in [1.29, 1.82) is 0 Å². The van der Waals surface area contributed by atoms with Crippen LogP contribution in [0.25, 0.3) is 11.3 Å². The molecule has 3 rings (SSSR count). The number of carbonyl (C=O) groups is 2. The van der Waals surface area contributed by atoms with Gasteiger partial charge in [-0.2, -0.15) is 26.3 Å². The molecule has 0 saturated heterocycles. The van der Waals surface area contributed by atoms with Gasteiger partial charge in [-0.05, 0) is 48.7 Å². The number of carbonyl (C=O) groups excluding carboxylic acids is 1. The van der Waals surface area contributed by atoms with Crippen molar-refractivity contribution < 1.29 is 45.8 Å². The third-order valence-corrected chi connectivity index (χ3v) is 5.68. The Hall–Kier alpha value is -4.09. The Bertz CT molecular complexity index is 1290. The van der Waals surface area contributed by atoms with Gasteiger partial charge in [0.1, 0.15) is 6.10 Å². The van der Waals surface area contributed by atoms with Crippen LogP contribution in [-0.2, 0) is 11.0 Å². The maximum atomic E-state index is 13.0. The van der Waals surface area contributed by atoms with Gasteiger partial charge in [0.25, 0.3) is 5.91 Å². The summed E-state index contributed by atoms with van der Waals surface area (Å²) in [7, 11) is 0. The lowest BCUT2D eigenvalue weighted by molar-refractivity contribution is -0.139. The van der Waals surface area contributed by atoms with Crippen LogP contribution < -0.4 is 10.1 Å². The molecular formula is C27H24F6N2O4. The Morgan fingerprint density at radius 3 is 2.15 bits per heavy atom. The second-order valence-corrected chi connectivity index (χ2v) is 8.67. The molecule has 1 atom stereocenters. The number of benzene rings is 2. The van der Waals surface area contributed by atoms with Crippen LogP contribution in [0.5, 0.6) is 5.88 Å². The maximum Gasteiger partial charge on any atom is 0.416 e. The van der Waals surface area contributed by atoms with Gasteiger partial charge in [-0.25, -0.2) is 4.98 Å². The molecule has 39 heavy (non-hydrogen) atoms. The number of pyridine rings is 1. The van der Waals surface area contributed by atoms with Crippen LogP contribution in [0.4, 0.5) is 26.3 Å². The number of ether oxygens (including phenoxy) is 1. The van der Waals surface area contributed by atoms with Crippen LogP contribution in [0, 0.1) is 6.92 Å². The van der Waals surface area contributed by atoms with Gasteiger partial charge in [0, 0.05) is 30.2 Å². The zero-order valence-electron chi connectivity index (χ0n) is 20.6. The molecule has 0 aliphatic carbocycles. The molecule has 0 saturated carbocycles. The van der Waals surface area contributed by atoms with Crippen molar-refractivity contribution >= 4 is 11.9 Å². The molecule has 0 aliphatic heterocycles. The molecule has 0 fully saturated rings. The van der Waals surface area contributed by atoms with Crippen LogP contribution >= 0.6 is 0 Å². The number of hydrogen-bond donors (Lipinski definition) is 2. The van der Waals surface area contributed by atoms with Crippen molar-refractivity contribution in [3.05, 3.63) is 82.9 Å². The lowest BCUT2D eigenvalue weighted by Gasteiger charge is -2.21. The summed E-state index contributed by atoms with van der Waals surface area (Å²) in [5.41, 5.74) is 0.978. The number of aromatic nitrogens is 1. The summed E-state index contributed by atoms with van der Waals surface area (Å²) in [5, 5.41) is 11.1. The minimum absolute atomic E-state index is 0.0295. The van der Waals surface area contributed by atoms with E-state index in [9.17, 15) is 35.9 Å². The molecule has 0 spiro atoms. The van der Waals surface area contributed by atoms with Gasteiger partial charge in [-0.15, -0.1) is 0 Å². The van der Waals surface area contributed by atoms with Crippen molar-refractivity contribution in [2.75, 3.05) is 6.54 Å². The van der Waals surface area contributed by atoms with Gasteiger partial charge >= 0.3 is 18.3 Å². The van der Waals surface area contributed by atoms with Gasteiger partial charge in [-0.1, -0.05) is 30.3 Å². The summed E-state index contributed by atoms with van der Waals surface area (Å²) >= 11 is 0. The molecule has 2 aromatic carbocycles. The Morgan fingerprint density at radius 2 is 1.59 bits per heavy atom. The Kier molecular flexibility index (Phi) is 9.20. The third-order valence-electron chi connectivity index (χ3n) is 5.68. The van der Waals surface area contributed by atoms with E-state index in [1.54, 1.807) is 13.0 Å². The van der Waals surface area contributed by atoms with E-state index in [0.29, 0.717) is 22.4 Å². The number of nitrogens with zero attached hydrogens (tertiary/aromatic N) is 1. The largest absolute Gasteiger partial charge is 0.481 e. The molecule has 12 heteroatoms. The minimum atomic E-state index is -4.51. The van der Waals surface area contributed by atoms with E-state index in [1.165, 1.54) is 42.5 Å². The first kappa shape index (κ1) is 29.5. The number of rotatable bonds is 10. The van der Waals surface area contributed by atoms with Crippen molar-refractivity contribution in [3.8, 4) is 17.1 Å². The molecule has 2 N–H and O–H groups in total. The van der Waals surface area contributed by atoms with Crippen LogP contribution in [0.1, 0.15) is 52.4 Å². The van der Waals surface area contributed by atoms with Gasteiger partial charge in [-0.3, -0.25) is 9.59 Å². The van der Waals surface area contributed by atoms with Gasteiger partial charge in [0.05, 0.1) is 17.7 Å². The Balaban J connectivity index is 1.83. The number of amides is 1. The average molecular weight is 554 g/mol. The van der Waals surface area contributed by atoms with Gasteiger partial charge in [0.15, 0.2) is 0 Å².